The molecule has 0 spiro atoms. The highest BCUT2D eigenvalue weighted by atomic mass is 15.3. The van der Waals surface area contributed by atoms with Crippen LogP contribution in [0.1, 0.15) is 66.1 Å². The third kappa shape index (κ3) is 3.04. The number of aryl methyl sites for hydroxylation is 1. The summed E-state index contributed by atoms with van der Waals surface area (Å²) >= 11 is 0. The number of benzene rings is 1. The summed E-state index contributed by atoms with van der Waals surface area (Å²) in [5.74, 6) is 3.09. The molecule has 3 aromatic rings. The predicted molar refractivity (Wildman–Crippen MR) is 103 cm³/mol. The molecular formula is C21H24N6. The van der Waals surface area contributed by atoms with E-state index < -0.39 is 0 Å². The standard InChI is InChI=1S/C21H24N6/c1-14-10-22-12-18(24-14)15-6-8-16(9-7-15)21-26-25-20-13-23-11-17-4-2-3-5-19(17)27(20)21/h2-5,10,12,15-16,23H,6-9,11,13H2,1H3. The lowest BCUT2D eigenvalue weighted by molar-refractivity contribution is 0.376. The molecule has 5 rings (SSSR count). The third-order valence-electron chi connectivity index (χ3n) is 5.87. The van der Waals surface area contributed by atoms with Gasteiger partial charge in [0.05, 0.1) is 23.6 Å². The Morgan fingerprint density at radius 1 is 0.963 bits per heavy atom. The SMILES string of the molecule is Cc1cncc(C2CCC(c3nnc4n3-c3ccccc3CNC4)CC2)n1. The molecule has 2 aromatic heterocycles. The molecule has 0 radical (unpaired) electrons. The Morgan fingerprint density at radius 2 is 1.78 bits per heavy atom. The van der Waals surface area contributed by atoms with Gasteiger partial charge in [-0.2, -0.15) is 0 Å². The second-order valence-electron chi connectivity index (χ2n) is 7.68. The van der Waals surface area contributed by atoms with E-state index in [1.54, 1.807) is 0 Å². The Balaban J connectivity index is 1.42. The number of nitrogens with one attached hydrogen (secondary N) is 1. The molecule has 0 saturated heterocycles. The highest BCUT2D eigenvalue weighted by Crippen LogP contribution is 2.40. The number of para-hydroxylation sites is 1. The molecule has 27 heavy (non-hydrogen) atoms. The molecule has 1 aliphatic heterocycles. The van der Waals surface area contributed by atoms with Crippen molar-refractivity contribution in [2.75, 3.05) is 0 Å². The van der Waals surface area contributed by atoms with Gasteiger partial charge in [-0.1, -0.05) is 18.2 Å². The maximum atomic E-state index is 4.69. The van der Waals surface area contributed by atoms with Crippen LogP contribution in [0.2, 0.25) is 0 Å². The maximum Gasteiger partial charge on any atom is 0.151 e. The van der Waals surface area contributed by atoms with Crippen LogP contribution in [0.3, 0.4) is 0 Å². The van der Waals surface area contributed by atoms with E-state index in [9.17, 15) is 0 Å². The summed E-state index contributed by atoms with van der Waals surface area (Å²) in [7, 11) is 0. The van der Waals surface area contributed by atoms with Crippen LogP contribution in [-0.2, 0) is 13.1 Å². The van der Waals surface area contributed by atoms with Crippen molar-refractivity contribution in [2.45, 2.75) is 57.5 Å². The number of hydrogen-bond acceptors (Lipinski definition) is 5. The van der Waals surface area contributed by atoms with E-state index in [4.69, 9.17) is 4.98 Å². The van der Waals surface area contributed by atoms with Gasteiger partial charge in [-0.3, -0.25) is 14.5 Å². The zero-order chi connectivity index (χ0) is 18.2. The van der Waals surface area contributed by atoms with Gasteiger partial charge in [-0.05, 0) is 44.2 Å². The molecule has 3 heterocycles. The van der Waals surface area contributed by atoms with Crippen molar-refractivity contribution in [3.63, 3.8) is 0 Å². The number of rotatable bonds is 2. The Bertz CT molecular complexity index is 955. The van der Waals surface area contributed by atoms with Crippen LogP contribution in [0.4, 0.5) is 0 Å². The molecule has 6 nitrogen and oxygen atoms in total. The van der Waals surface area contributed by atoms with Crippen LogP contribution in [0.5, 0.6) is 0 Å². The van der Waals surface area contributed by atoms with Crippen molar-refractivity contribution in [1.82, 2.24) is 30.0 Å². The number of aromatic nitrogens is 5. The Kier molecular flexibility index (Phi) is 4.20. The van der Waals surface area contributed by atoms with Crippen LogP contribution in [0, 0.1) is 6.92 Å². The molecule has 1 fully saturated rings. The minimum absolute atomic E-state index is 0.450. The molecule has 1 aliphatic carbocycles. The van der Waals surface area contributed by atoms with Gasteiger partial charge in [-0.25, -0.2) is 0 Å². The third-order valence-corrected chi connectivity index (χ3v) is 5.87. The zero-order valence-electron chi connectivity index (χ0n) is 15.6. The van der Waals surface area contributed by atoms with Crippen LogP contribution in [0.25, 0.3) is 5.69 Å². The lowest BCUT2D eigenvalue weighted by Gasteiger charge is -2.28. The quantitative estimate of drug-likeness (QED) is 0.758. The molecular weight excluding hydrogens is 336 g/mol. The fourth-order valence-corrected chi connectivity index (χ4v) is 4.49. The first-order valence-corrected chi connectivity index (χ1v) is 9.81. The molecule has 0 atom stereocenters. The van der Waals surface area contributed by atoms with Gasteiger partial charge in [-0.15, -0.1) is 10.2 Å². The van der Waals surface area contributed by atoms with Crippen molar-refractivity contribution in [3.8, 4) is 5.69 Å². The first kappa shape index (κ1) is 16.6. The molecule has 1 aromatic carbocycles. The number of fused-ring (bicyclic) bond motifs is 3. The topological polar surface area (TPSA) is 68.5 Å². The number of nitrogens with zero attached hydrogens (tertiary/aromatic N) is 5. The predicted octanol–water partition coefficient (Wildman–Crippen LogP) is 3.41. The molecule has 2 aliphatic rings. The van der Waals surface area contributed by atoms with Gasteiger partial charge in [0.15, 0.2) is 5.82 Å². The van der Waals surface area contributed by atoms with Crippen molar-refractivity contribution in [3.05, 3.63) is 65.3 Å². The largest absolute Gasteiger partial charge is 0.306 e. The summed E-state index contributed by atoms with van der Waals surface area (Å²) in [6.45, 7) is 3.65. The van der Waals surface area contributed by atoms with Crippen molar-refractivity contribution in [1.29, 1.82) is 0 Å². The minimum Gasteiger partial charge on any atom is -0.306 e. The van der Waals surface area contributed by atoms with Crippen LogP contribution >= 0.6 is 0 Å². The van der Waals surface area contributed by atoms with Crippen molar-refractivity contribution < 1.29 is 0 Å². The van der Waals surface area contributed by atoms with Crippen molar-refractivity contribution >= 4 is 0 Å². The summed E-state index contributed by atoms with van der Waals surface area (Å²) in [4.78, 5) is 9.02. The minimum atomic E-state index is 0.450. The summed E-state index contributed by atoms with van der Waals surface area (Å²) < 4.78 is 2.30. The lowest BCUT2D eigenvalue weighted by atomic mass is 9.80. The summed E-state index contributed by atoms with van der Waals surface area (Å²) in [5, 5.41) is 12.6. The number of hydrogen-bond donors (Lipinski definition) is 1. The second-order valence-corrected chi connectivity index (χ2v) is 7.68. The maximum absolute atomic E-state index is 4.69. The van der Waals surface area contributed by atoms with Gasteiger partial charge >= 0.3 is 0 Å². The molecule has 138 valence electrons. The van der Waals surface area contributed by atoms with E-state index in [1.165, 1.54) is 11.3 Å². The summed E-state index contributed by atoms with van der Waals surface area (Å²) in [6, 6.07) is 8.58. The molecule has 0 amide bonds. The van der Waals surface area contributed by atoms with E-state index in [0.717, 1.165) is 61.8 Å². The van der Waals surface area contributed by atoms with Gasteiger partial charge < -0.3 is 5.32 Å². The van der Waals surface area contributed by atoms with Gasteiger partial charge in [0.25, 0.3) is 0 Å². The van der Waals surface area contributed by atoms with E-state index in [2.05, 4.69) is 49.3 Å². The first-order valence-electron chi connectivity index (χ1n) is 9.81. The Labute approximate surface area is 159 Å². The molecule has 1 saturated carbocycles. The molecule has 0 bridgehead atoms. The average Bonchev–Trinajstić information content (AvgIpc) is 3.03. The monoisotopic (exact) mass is 360 g/mol. The fraction of sp³-hybridized carbons (Fsp3) is 0.429. The van der Waals surface area contributed by atoms with Gasteiger partial charge in [0, 0.05) is 30.8 Å². The second kappa shape index (κ2) is 6.85. The van der Waals surface area contributed by atoms with E-state index in [1.807, 2.05) is 19.3 Å². The van der Waals surface area contributed by atoms with Crippen LogP contribution < -0.4 is 5.32 Å². The first-order chi connectivity index (χ1) is 13.3. The summed E-state index contributed by atoms with van der Waals surface area (Å²) in [5.41, 5.74) is 4.68. The van der Waals surface area contributed by atoms with Gasteiger partial charge in [0.2, 0.25) is 0 Å². The fourth-order valence-electron chi connectivity index (χ4n) is 4.49. The van der Waals surface area contributed by atoms with E-state index in [0.29, 0.717) is 11.8 Å². The van der Waals surface area contributed by atoms with Crippen LogP contribution in [0.15, 0.2) is 36.7 Å². The highest BCUT2D eigenvalue weighted by Gasteiger charge is 2.30. The molecule has 0 unspecified atom stereocenters. The van der Waals surface area contributed by atoms with Crippen molar-refractivity contribution in [2.24, 2.45) is 0 Å². The average molecular weight is 360 g/mol. The highest BCUT2D eigenvalue weighted by molar-refractivity contribution is 5.44. The van der Waals surface area contributed by atoms with E-state index >= 15 is 0 Å². The van der Waals surface area contributed by atoms with E-state index in [-0.39, 0.29) is 0 Å². The Hall–Kier alpha value is -2.60. The zero-order valence-corrected chi connectivity index (χ0v) is 15.6. The Morgan fingerprint density at radius 3 is 2.63 bits per heavy atom. The molecule has 6 heteroatoms. The van der Waals surface area contributed by atoms with Crippen LogP contribution in [-0.4, -0.2) is 24.7 Å². The molecule has 1 N–H and O–H groups in total. The van der Waals surface area contributed by atoms with Gasteiger partial charge in [0.1, 0.15) is 5.82 Å². The smallest absolute Gasteiger partial charge is 0.151 e. The lowest BCUT2D eigenvalue weighted by Crippen LogP contribution is -2.17. The normalized spacial score (nSPS) is 22.0. The summed E-state index contributed by atoms with van der Waals surface area (Å²) in [6.07, 6.45) is 8.26.